The molecule has 0 bridgehead atoms. The third-order valence-corrected chi connectivity index (χ3v) is 2.07. The molecule has 1 radical (unpaired) electrons. The molecule has 0 saturated carbocycles. The maximum atomic E-state index is 12.9. The predicted molar refractivity (Wildman–Crippen MR) is 50.5 cm³/mol. The minimum absolute atomic E-state index is 0.0383. The standard InChI is InChI=1S/C12H5F4/c13-9-3-1-7(2-4-9)8-5-10(14)12(16)11(15)6-8/h1-5H. The van der Waals surface area contributed by atoms with Gasteiger partial charge in [0.15, 0.2) is 17.5 Å². The zero-order valence-corrected chi connectivity index (χ0v) is 7.90. The van der Waals surface area contributed by atoms with Gasteiger partial charge in [-0.1, -0.05) is 12.1 Å². The first-order chi connectivity index (χ1) is 7.58. The molecule has 2 rings (SSSR count). The van der Waals surface area contributed by atoms with Gasteiger partial charge in [-0.2, -0.15) is 0 Å². The summed E-state index contributed by atoms with van der Waals surface area (Å²) in [5.41, 5.74) is 0.399. The molecule has 0 aliphatic heterocycles. The van der Waals surface area contributed by atoms with E-state index in [9.17, 15) is 17.6 Å². The van der Waals surface area contributed by atoms with Crippen LogP contribution in [0.1, 0.15) is 0 Å². The van der Waals surface area contributed by atoms with E-state index < -0.39 is 23.3 Å². The second-order valence-corrected chi connectivity index (χ2v) is 3.17. The zero-order chi connectivity index (χ0) is 11.7. The lowest BCUT2D eigenvalue weighted by Gasteiger charge is -2.02. The highest BCUT2D eigenvalue weighted by Crippen LogP contribution is 2.23. The number of hydrogen-bond acceptors (Lipinski definition) is 0. The zero-order valence-electron chi connectivity index (χ0n) is 7.90. The van der Waals surface area contributed by atoms with Crippen molar-refractivity contribution in [2.45, 2.75) is 0 Å². The minimum Gasteiger partial charge on any atom is -0.207 e. The van der Waals surface area contributed by atoms with Gasteiger partial charge >= 0.3 is 0 Å². The van der Waals surface area contributed by atoms with Crippen molar-refractivity contribution in [2.75, 3.05) is 0 Å². The molecule has 81 valence electrons. The molecule has 0 aliphatic carbocycles. The van der Waals surface area contributed by atoms with E-state index in [1.807, 2.05) is 6.07 Å². The van der Waals surface area contributed by atoms with Crippen molar-refractivity contribution in [1.29, 1.82) is 0 Å². The second kappa shape index (κ2) is 3.96. The maximum Gasteiger partial charge on any atom is 0.195 e. The molecule has 0 spiro atoms. The lowest BCUT2D eigenvalue weighted by atomic mass is 10.1. The highest BCUT2D eigenvalue weighted by molar-refractivity contribution is 5.62. The van der Waals surface area contributed by atoms with Crippen molar-refractivity contribution in [2.24, 2.45) is 0 Å². The Morgan fingerprint density at radius 1 is 0.875 bits per heavy atom. The molecule has 0 atom stereocenters. The topological polar surface area (TPSA) is 0 Å². The van der Waals surface area contributed by atoms with Gasteiger partial charge in [0.25, 0.3) is 0 Å². The van der Waals surface area contributed by atoms with E-state index in [4.69, 9.17) is 0 Å². The fourth-order valence-corrected chi connectivity index (χ4v) is 1.29. The van der Waals surface area contributed by atoms with E-state index in [2.05, 4.69) is 0 Å². The summed E-state index contributed by atoms with van der Waals surface area (Å²) in [7, 11) is 0. The Morgan fingerprint density at radius 3 is 2.06 bits per heavy atom. The molecule has 2 aromatic rings. The van der Waals surface area contributed by atoms with E-state index in [1.54, 1.807) is 0 Å². The fourth-order valence-electron chi connectivity index (χ4n) is 1.29. The molecule has 0 saturated heterocycles. The van der Waals surface area contributed by atoms with E-state index in [0.29, 0.717) is 5.56 Å². The van der Waals surface area contributed by atoms with E-state index >= 15 is 0 Å². The van der Waals surface area contributed by atoms with Crippen molar-refractivity contribution < 1.29 is 17.6 Å². The molecule has 0 aromatic heterocycles. The molecule has 0 fully saturated rings. The van der Waals surface area contributed by atoms with Gasteiger partial charge in [0.2, 0.25) is 0 Å². The number of halogens is 4. The maximum absolute atomic E-state index is 12.9. The largest absolute Gasteiger partial charge is 0.207 e. The number of hydrogen-bond donors (Lipinski definition) is 0. The summed E-state index contributed by atoms with van der Waals surface area (Å²) in [5, 5.41) is 0. The van der Waals surface area contributed by atoms with E-state index in [-0.39, 0.29) is 5.56 Å². The average Bonchev–Trinajstić information content (AvgIpc) is 2.26. The van der Waals surface area contributed by atoms with Crippen LogP contribution in [0.3, 0.4) is 0 Å². The quantitative estimate of drug-likeness (QED) is 0.512. The Kier molecular flexibility index (Phi) is 2.64. The first kappa shape index (κ1) is 10.7. The Balaban J connectivity index is 2.52. The van der Waals surface area contributed by atoms with Crippen molar-refractivity contribution >= 4 is 0 Å². The van der Waals surface area contributed by atoms with Gasteiger partial charge in [0.05, 0.1) is 0 Å². The summed E-state index contributed by atoms with van der Waals surface area (Å²) in [6.07, 6.45) is 0. The summed E-state index contributed by atoms with van der Waals surface area (Å²) in [4.78, 5) is 0. The summed E-state index contributed by atoms with van der Waals surface area (Å²) in [6.45, 7) is 0. The molecule has 0 unspecified atom stereocenters. The molecule has 0 amide bonds. The highest BCUT2D eigenvalue weighted by Gasteiger charge is 2.11. The molecule has 0 nitrogen and oxygen atoms in total. The third kappa shape index (κ3) is 1.91. The van der Waals surface area contributed by atoms with Crippen LogP contribution in [0.2, 0.25) is 0 Å². The lowest BCUT2D eigenvalue weighted by Crippen LogP contribution is -1.92. The van der Waals surface area contributed by atoms with Gasteiger partial charge in [0.1, 0.15) is 5.82 Å². The monoisotopic (exact) mass is 225 g/mol. The van der Waals surface area contributed by atoms with Gasteiger partial charge in [-0.05, 0) is 29.3 Å². The van der Waals surface area contributed by atoms with Crippen LogP contribution in [0.4, 0.5) is 17.6 Å². The molecule has 4 heteroatoms. The molecule has 2 aromatic carbocycles. The summed E-state index contributed by atoms with van der Waals surface area (Å²) in [6, 6.07) is 7.80. The Morgan fingerprint density at radius 2 is 1.50 bits per heavy atom. The smallest absolute Gasteiger partial charge is 0.195 e. The Hall–Kier alpha value is -1.84. The van der Waals surface area contributed by atoms with Crippen molar-refractivity contribution in [3.8, 4) is 11.1 Å². The first-order valence-corrected chi connectivity index (χ1v) is 4.40. The molecular formula is C12H5F4. The number of benzene rings is 2. The summed E-state index contributed by atoms with van der Waals surface area (Å²) in [5.74, 6) is -4.72. The molecule has 0 aliphatic rings. The summed E-state index contributed by atoms with van der Waals surface area (Å²) < 4.78 is 51.0. The van der Waals surface area contributed by atoms with Crippen molar-refractivity contribution in [3.05, 3.63) is 59.7 Å². The van der Waals surface area contributed by atoms with Crippen LogP contribution in [-0.4, -0.2) is 0 Å². The van der Waals surface area contributed by atoms with Crippen LogP contribution in [0.25, 0.3) is 11.1 Å². The van der Waals surface area contributed by atoms with Crippen LogP contribution in [0.5, 0.6) is 0 Å². The molecule has 16 heavy (non-hydrogen) atoms. The summed E-state index contributed by atoms with van der Waals surface area (Å²) >= 11 is 0. The van der Waals surface area contributed by atoms with Crippen molar-refractivity contribution in [1.82, 2.24) is 0 Å². The van der Waals surface area contributed by atoms with Gasteiger partial charge in [-0.15, -0.1) is 0 Å². The van der Waals surface area contributed by atoms with E-state index in [1.165, 1.54) is 12.1 Å². The molecular weight excluding hydrogens is 220 g/mol. The molecule has 0 N–H and O–H groups in total. The fraction of sp³-hybridized carbons (Fsp3) is 0. The lowest BCUT2D eigenvalue weighted by molar-refractivity contribution is 0.446. The van der Waals surface area contributed by atoms with Gasteiger partial charge < -0.3 is 0 Å². The first-order valence-electron chi connectivity index (χ1n) is 4.40. The Bertz CT molecular complexity index is 494. The van der Waals surface area contributed by atoms with E-state index in [0.717, 1.165) is 18.2 Å². The third-order valence-electron chi connectivity index (χ3n) is 2.07. The van der Waals surface area contributed by atoms with Crippen LogP contribution in [-0.2, 0) is 0 Å². The SMILES string of the molecule is Fc1ccc(-c2[c]c(F)c(F)c(F)c2)cc1. The molecule has 0 heterocycles. The second-order valence-electron chi connectivity index (χ2n) is 3.17. The minimum atomic E-state index is -1.56. The Labute approximate surface area is 89.2 Å². The highest BCUT2D eigenvalue weighted by atomic mass is 19.2. The predicted octanol–water partition coefficient (Wildman–Crippen LogP) is 3.71. The van der Waals surface area contributed by atoms with Gasteiger partial charge in [0, 0.05) is 6.07 Å². The van der Waals surface area contributed by atoms with Crippen LogP contribution < -0.4 is 0 Å². The van der Waals surface area contributed by atoms with Crippen molar-refractivity contribution in [3.63, 3.8) is 0 Å². The van der Waals surface area contributed by atoms with Gasteiger partial charge in [-0.25, -0.2) is 17.6 Å². The van der Waals surface area contributed by atoms with Gasteiger partial charge in [-0.3, -0.25) is 0 Å². The van der Waals surface area contributed by atoms with Crippen LogP contribution >= 0.6 is 0 Å². The normalized spacial score (nSPS) is 10.5. The number of rotatable bonds is 1. The van der Waals surface area contributed by atoms with Crippen LogP contribution in [0.15, 0.2) is 30.3 Å². The average molecular weight is 225 g/mol. The van der Waals surface area contributed by atoms with Crippen LogP contribution in [0, 0.1) is 29.3 Å².